The molecule has 1 saturated heterocycles. The molecular formula is C16H23N5O2. The van der Waals surface area contributed by atoms with E-state index in [1.165, 1.54) is 12.8 Å². The van der Waals surface area contributed by atoms with E-state index in [0.29, 0.717) is 18.0 Å². The number of piperidine rings is 1. The molecule has 124 valence electrons. The number of hydrogen-bond donors (Lipinski definition) is 2. The number of imidazole rings is 1. The van der Waals surface area contributed by atoms with Crippen molar-refractivity contribution in [2.75, 3.05) is 26.2 Å². The molecule has 0 aromatic carbocycles. The van der Waals surface area contributed by atoms with Gasteiger partial charge < -0.3 is 15.3 Å². The molecule has 1 fully saturated rings. The Morgan fingerprint density at radius 3 is 3.00 bits per heavy atom. The molecule has 1 aliphatic rings. The first-order valence-corrected chi connectivity index (χ1v) is 8.10. The molecular weight excluding hydrogens is 294 g/mol. The third-order valence-corrected chi connectivity index (χ3v) is 4.31. The molecule has 1 aliphatic heterocycles. The van der Waals surface area contributed by atoms with Gasteiger partial charge in [-0.1, -0.05) is 6.92 Å². The van der Waals surface area contributed by atoms with Crippen LogP contribution in [0, 0.1) is 5.92 Å². The summed E-state index contributed by atoms with van der Waals surface area (Å²) in [4.78, 5) is 22.6. The van der Waals surface area contributed by atoms with Gasteiger partial charge in [0.15, 0.2) is 0 Å². The molecule has 7 nitrogen and oxygen atoms in total. The fraction of sp³-hybridized carbons (Fsp3) is 0.562. The van der Waals surface area contributed by atoms with Gasteiger partial charge in [-0.05, 0) is 37.9 Å². The summed E-state index contributed by atoms with van der Waals surface area (Å²) in [6.45, 7) is 5.12. The third kappa shape index (κ3) is 4.05. The quantitative estimate of drug-likeness (QED) is 0.841. The smallest absolute Gasteiger partial charge is 0.271 e. The van der Waals surface area contributed by atoms with E-state index in [1.54, 1.807) is 29.1 Å². The van der Waals surface area contributed by atoms with Crippen molar-refractivity contribution in [3.63, 3.8) is 0 Å². The average Bonchev–Trinajstić information content (AvgIpc) is 2.99. The summed E-state index contributed by atoms with van der Waals surface area (Å²) in [5, 5.41) is 12.8. The molecule has 0 spiro atoms. The molecule has 0 radical (unpaired) electrons. The number of hydrogen-bond acceptors (Lipinski definition) is 5. The lowest BCUT2D eigenvalue weighted by Crippen LogP contribution is -2.43. The van der Waals surface area contributed by atoms with Crippen LogP contribution in [0.3, 0.4) is 0 Å². The van der Waals surface area contributed by atoms with Crippen molar-refractivity contribution < 1.29 is 9.90 Å². The van der Waals surface area contributed by atoms with Crippen LogP contribution in [-0.4, -0.2) is 62.6 Å². The van der Waals surface area contributed by atoms with E-state index in [2.05, 4.69) is 27.1 Å². The van der Waals surface area contributed by atoms with Gasteiger partial charge in [-0.25, -0.2) is 9.97 Å². The van der Waals surface area contributed by atoms with Crippen LogP contribution in [-0.2, 0) is 0 Å². The van der Waals surface area contributed by atoms with Crippen LogP contribution < -0.4 is 5.32 Å². The first kappa shape index (κ1) is 15.9. The summed E-state index contributed by atoms with van der Waals surface area (Å²) >= 11 is 0. The number of amides is 1. The fourth-order valence-corrected chi connectivity index (χ4v) is 2.85. The lowest BCUT2D eigenvalue weighted by Gasteiger charge is -2.31. The SMILES string of the molecule is CC1CCN(CC(O)CNC(=O)c2cn3cccnc3n2)CC1. The second kappa shape index (κ2) is 7.06. The van der Waals surface area contributed by atoms with Crippen molar-refractivity contribution in [3.05, 3.63) is 30.4 Å². The minimum atomic E-state index is -0.567. The van der Waals surface area contributed by atoms with Crippen LogP contribution in [0.2, 0.25) is 0 Å². The van der Waals surface area contributed by atoms with E-state index in [4.69, 9.17) is 0 Å². The normalized spacial score (nSPS) is 18.2. The van der Waals surface area contributed by atoms with Gasteiger partial charge in [-0.15, -0.1) is 0 Å². The second-order valence-electron chi connectivity index (χ2n) is 6.30. The fourth-order valence-electron chi connectivity index (χ4n) is 2.85. The molecule has 2 aromatic rings. The number of nitrogens with one attached hydrogen (secondary N) is 1. The van der Waals surface area contributed by atoms with Gasteiger partial charge in [-0.2, -0.15) is 0 Å². The maximum absolute atomic E-state index is 12.1. The van der Waals surface area contributed by atoms with Crippen molar-refractivity contribution in [2.45, 2.75) is 25.9 Å². The Hall–Kier alpha value is -1.99. The molecule has 2 N–H and O–H groups in total. The highest BCUT2D eigenvalue weighted by Crippen LogP contribution is 2.15. The number of nitrogens with zero attached hydrogens (tertiary/aromatic N) is 4. The Morgan fingerprint density at radius 2 is 2.26 bits per heavy atom. The van der Waals surface area contributed by atoms with Gasteiger partial charge in [0.05, 0.1) is 6.10 Å². The minimum Gasteiger partial charge on any atom is -0.390 e. The number of carbonyl (C=O) groups is 1. The van der Waals surface area contributed by atoms with Crippen LogP contribution in [0.5, 0.6) is 0 Å². The van der Waals surface area contributed by atoms with Crippen LogP contribution >= 0.6 is 0 Å². The van der Waals surface area contributed by atoms with Crippen molar-refractivity contribution >= 4 is 11.7 Å². The monoisotopic (exact) mass is 317 g/mol. The molecule has 2 aromatic heterocycles. The molecule has 0 aliphatic carbocycles. The lowest BCUT2D eigenvalue weighted by atomic mass is 9.99. The molecule has 7 heteroatoms. The standard InChI is InChI=1S/C16H23N5O2/c1-12-3-7-20(8-4-12)10-13(22)9-18-15(23)14-11-21-6-2-5-17-16(21)19-14/h2,5-6,11-13,22H,3-4,7-10H2,1H3,(H,18,23). The van der Waals surface area contributed by atoms with Gasteiger partial charge in [-0.3, -0.25) is 9.20 Å². The molecule has 1 unspecified atom stereocenters. The summed E-state index contributed by atoms with van der Waals surface area (Å²) in [5.74, 6) is 0.967. The topological polar surface area (TPSA) is 82.8 Å². The Morgan fingerprint density at radius 1 is 1.48 bits per heavy atom. The van der Waals surface area contributed by atoms with Crippen molar-refractivity contribution in [1.29, 1.82) is 0 Å². The zero-order valence-corrected chi connectivity index (χ0v) is 13.4. The van der Waals surface area contributed by atoms with Crippen LogP contribution in [0.4, 0.5) is 0 Å². The predicted molar refractivity (Wildman–Crippen MR) is 86.2 cm³/mol. The second-order valence-corrected chi connectivity index (χ2v) is 6.30. The molecule has 0 bridgehead atoms. The lowest BCUT2D eigenvalue weighted by molar-refractivity contribution is 0.0793. The third-order valence-electron chi connectivity index (χ3n) is 4.31. The summed E-state index contributed by atoms with van der Waals surface area (Å²) in [6.07, 6.45) is 6.84. The number of aliphatic hydroxyl groups excluding tert-OH is 1. The van der Waals surface area contributed by atoms with Gasteiger partial charge in [0.2, 0.25) is 5.78 Å². The van der Waals surface area contributed by atoms with Crippen molar-refractivity contribution in [1.82, 2.24) is 24.6 Å². The van der Waals surface area contributed by atoms with E-state index < -0.39 is 6.10 Å². The molecule has 3 rings (SSSR count). The number of likely N-dealkylation sites (tertiary alicyclic amines) is 1. The Balaban J connectivity index is 1.48. The van der Waals surface area contributed by atoms with Gasteiger partial charge >= 0.3 is 0 Å². The highest BCUT2D eigenvalue weighted by molar-refractivity contribution is 5.92. The number of fused-ring (bicyclic) bond motifs is 1. The largest absolute Gasteiger partial charge is 0.390 e. The Kier molecular flexibility index (Phi) is 4.88. The number of β-amino-alcohol motifs (C(OH)–C–C–N with tert-alkyl or cyclic N) is 1. The number of aromatic nitrogens is 3. The van der Waals surface area contributed by atoms with Crippen LogP contribution in [0.1, 0.15) is 30.3 Å². The summed E-state index contributed by atoms with van der Waals surface area (Å²) in [6, 6.07) is 1.78. The van der Waals surface area contributed by atoms with E-state index in [1.807, 2.05) is 0 Å². The molecule has 1 amide bonds. The molecule has 0 saturated carbocycles. The summed E-state index contributed by atoms with van der Waals surface area (Å²) in [7, 11) is 0. The molecule has 3 heterocycles. The zero-order valence-electron chi connectivity index (χ0n) is 13.4. The molecule has 1 atom stereocenters. The van der Waals surface area contributed by atoms with Crippen molar-refractivity contribution in [3.8, 4) is 0 Å². The van der Waals surface area contributed by atoms with E-state index in [-0.39, 0.29) is 12.5 Å². The van der Waals surface area contributed by atoms with E-state index in [9.17, 15) is 9.90 Å². The van der Waals surface area contributed by atoms with E-state index >= 15 is 0 Å². The van der Waals surface area contributed by atoms with Crippen molar-refractivity contribution in [2.24, 2.45) is 5.92 Å². The Bertz CT molecular complexity index is 630. The average molecular weight is 317 g/mol. The summed E-state index contributed by atoms with van der Waals surface area (Å²) in [5.41, 5.74) is 0.308. The van der Waals surface area contributed by atoms with Gasteiger partial charge in [0.1, 0.15) is 5.69 Å². The van der Waals surface area contributed by atoms with Crippen LogP contribution in [0.25, 0.3) is 5.78 Å². The predicted octanol–water partition coefficient (Wildman–Crippen LogP) is 0.552. The number of rotatable bonds is 5. The molecule has 23 heavy (non-hydrogen) atoms. The Labute approximate surface area is 135 Å². The minimum absolute atomic E-state index is 0.228. The highest BCUT2D eigenvalue weighted by atomic mass is 16.3. The number of aliphatic hydroxyl groups is 1. The summed E-state index contributed by atoms with van der Waals surface area (Å²) < 4.78 is 1.69. The maximum Gasteiger partial charge on any atom is 0.271 e. The maximum atomic E-state index is 12.1. The number of carbonyl (C=O) groups excluding carboxylic acids is 1. The highest BCUT2D eigenvalue weighted by Gasteiger charge is 2.19. The van der Waals surface area contributed by atoms with Gasteiger partial charge in [0, 0.05) is 31.7 Å². The first-order chi connectivity index (χ1) is 11.1. The first-order valence-electron chi connectivity index (χ1n) is 8.10. The van der Waals surface area contributed by atoms with Gasteiger partial charge in [0.25, 0.3) is 5.91 Å². The van der Waals surface area contributed by atoms with Crippen LogP contribution in [0.15, 0.2) is 24.7 Å². The zero-order chi connectivity index (χ0) is 16.2. The van der Waals surface area contributed by atoms with E-state index in [0.717, 1.165) is 19.0 Å².